The third-order valence-corrected chi connectivity index (χ3v) is 4.03. The molecule has 5 heteroatoms. The standard InChI is InChI=1S/C16H13Cl2N3/c17-11-6-5-10(7-12(11)18)8-13(19)16-9-20-14-3-1-2-4-15(14)21-16/h1-7,9,13H,8,19H2. The van der Waals surface area contributed by atoms with Gasteiger partial charge >= 0.3 is 0 Å². The topological polar surface area (TPSA) is 51.8 Å². The minimum Gasteiger partial charge on any atom is -0.322 e. The Kier molecular flexibility index (Phi) is 4.06. The van der Waals surface area contributed by atoms with E-state index in [1.807, 2.05) is 36.4 Å². The van der Waals surface area contributed by atoms with Crippen LogP contribution >= 0.6 is 23.2 Å². The van der Waals surface area contributed by atoms with Crippen LogP contribution < -0.4 is 5.73 Å². The molecule has 0 spiro atoms. The molecule has 0 radical (unpaired) electrons. The number of para-hydroxylation sites is 2. The van der Waals surface area contributed by atoms with Crippen molar-refractivity contribution in [3.05, 3.63) is 70.0 Å². The Morgan fingerprint density at radius 1 is 1.00 bits per heavy atom. The lowest BCUT2D eigenvalue weighted by Crippen LogP contribution is -2.15. The van der Waals surface area contributed by atoms with E-state index < -0.39 is 0 Å². The molecule has 2 N–H and O–H groups in total. The molecule has 0 saturated carbocycles. The average Bonchev–Trinajstić information content (AvgIpc) is 2.50. The van der Waals surface area contributed by atoms with Gasteiger partial charge in [-0.2, -0.15) is 0 Å². The number of rotatable bonds is 3. The largest absolute Gasteiger partial charge is 0.322 e. The Balaban J connectivity index is 1.85. The Morgan fingerprint density at radius 2 is 1.76 bits per heavy atom. The van der Waals surface area contributed by atoms with Crippen molar-refractivity contribution in [2.75, 3.05) is 0 Å². The molecule has 0 aliphatic heterocycles. The molecule has 1 atom stereocenters. The van der Waals surface area contributed by atoms with Gasteiger partial charge in [-0.05, 0) is 36.2 Å². The van der Waals surface area contributed by atoms with Gasteiger partial charge in [0, 0.05) is 0 Å². The third-order valence-electron chi connectivity index (χ3n) is 3.29. The van der Waals surface area contributed by atoms with Gasteiger partial charge in [-0.15, -0.1) is 0 Å². The molecule has 0 bridgehead atoms. The molecule has 106 valence electrons. The molecule has 3 aromatic rings. The number of aromatic nitrogens is 2. The zero-order chi connectivity index (χ0) is 14.8. The zero-order valence-electron chi connectivity index (χ0n) is 11.1. The lowest BCUT2D eigenvalue weighted by molar-refractivity contribution is 0.696. The number of fused-ring (bicyclic) bond motifs is 1. The van der Waals surface area contributed by atoms with Gasteiger partial charge in [0.25, 0.3) is 0 Å². The fraction of sp³-hybridized carbons (Fsp3) is 0.125. The SMILES string of the molecule is NC(Cc1ccc(Cl)c(Cl)c1)c1cnc2ccccc2n1. The highest BCUT2D eigenvalue weighted by atomic mass is 35.5. The summed E-state index contributed by atoms with van der Waals surface area (Å²) in [6, 6.07) is 13.0. The molecule has 0 aliphatic carbocycles. The monoisotopic (exact) mass is 317 g/mol. The molecule has 1 unspecified atom stereocenters. The van der Waals surface area contributed by atoms with Crippen LogP contribution in [0.15, 0.2) is 48.7 Å². The van der Waals surface area contributed by atoms with Crippen molar-refractivity contribution in [1.82, 2.24) is 9.97 Å². The van der Waals surface area contributed by atoms with Crippen LogP contribution in [0.2, 0.25) is 10.0 Å². The average molecular weight is 318 g/mol. The summed E-state index contributed by atoms with van der Waals surface area (Å²) in [5.74, 6) is 0. The molecule has 0 amide bonds. The van der Waals surface area contributed by atoms with Crippen molar-refractivity contribution in [1.29, 1.82) is 0 Å². The first-order valence-electron chi connectivity index (χ1n) is 6.54. The van der Waals surface area contributed by atoms with Crippen LogP contribution in [-0.4, -0.2) is 9.97 Å². The van der Waals surface area contributed by atoms with Gasteiger partial charge in [0.05, 0.1) is 39.0 Å². The van der Waals surface area contributed by atoms with Gasteiger partial charge in [-0.3, -0.25) is 4.98 Å². The van der Waals surface area contributed by atoms with Crippen molar-refractivity contribution in [3.8, 4) is 0 Å². The maximum atomic E-state index is 6.23. The van der Waals surface area contributed by atoms with Crippen molar-refractivity contribution >= 4 is 34.2 Å². The summed E-state index contributed by atoms with van der Waals surface area (Å²) in [5, 5.41) is 1.07. The summed E-state index contributed by atoms with van der Waals surface area (Å²) in [6.07, 6.45) is 2.36. The summed E-state index contributed by atoms with van der Waals surface area (Å²) in [6.45, 7) is 0. The normalized spacial score (nSPS) is 12.5. The van der Waals surface area contributed by atoms with Gasteiger partial charge in [0.15, 0.2) is 0 Å². The van der Waals surface area contributed by atoms with E-state index >= 15 is 0 Å². The molecular formula is C16H13Cl2N3. The van der Waals surface area contributed by atoms with Crippen molar-refractivity contribution < 1.29 is 0 Å². The summed E-state index contributed by atoms with van der Waals surface area (Å²) >= 11 is 11.9. The first-order chi connectivity index (χ1) is 10.1. The van der Waals surface area contributed by atoms with E-state index in [0.29, 0.717) is 16.5 Å². The minimum atomic E-state index is -0.237. The van der Waals surface area contributed by atoms with E-state index in [4.69, 9.17) is 28.9 Å². The zero-order valence-corrected chi connectivity index (χ0v) is 12.6. The van der Waals surface area contributed by atoms with Gasteiger partial charge in [-0.25, -0.2) is 4.98 Å². The highest BCUT2D eigenvalue weighted by Crippen LogP contribution is 2.25. The van der Waals surface area contributed by atoms with Crippen LogP contribution in [0.1, 0.15) is 17.3 Å². The Morgan fingerprint density at radius 3 is 2.52 bits per heavy atom. The smallest absolute Gasteiger partial charge is 0.0890 e. The molecule has 1 heterocycles. The summed E-state index contributed by atoms with van der Waals surface area (Å²) in [5.41, 5.74) is 9.72. The molecule has 3 nitrogen and oxygen atoms in total. The Hall–Kier alpha value is -1.68. The molecule has 0 aliphatic rings. The van der Waals surface area contributed by atoms with Crippen LogP contribution in [0, 0.1) is 0 Å². The van der Waals surface area contributed by atoms with E-state index in [1.165, 1.54) is 0 Å². The molecule has 0 fully saturated rings. The molecule has 2 aromatic carbocycles. The first-order valence-corrected chi connectivity index (χ1v) is 7.30. The van der Waals surface area contributed by atoms with E-state index in [9.17, 15) is 0 Å². The van der Waals surface area contributed by atoms with Crippen LogP contribution in [0.25, 0.3) is 11.0 Å². The minimum absolute atomic E-state index is 0.237. The van der Waals surface area contributed by atoms with Crippen LogP contribution in [0.3, 0.4) is 0 Å². The first kappa shape index (κ1) is 14.3. The number of nitrogens with two attached hydrogens (primary N) is 1. The number of halogens is 2. The predicted octanol–water partition coefficient (Wildman–Crippen LogP) is 4.18. The molecule has 0 saturated heterocycles. The molecular weight excluding hydrogens is 305 g/mol. The summed E-state index contributed by atoms with van der Waals surface area (Å²) in [7, 11) is 0. The Labute approximate surface area is 132 Å². The van der Waals surface area contributed by atoms with Gasteiger partial charge in [0.1, 0.15) is 0 Å². The molecule has 1 aromatic heterocycles. The molecule has 3 rings (SSSR count). The highest BCUT2D eigenvalue weighted by Gasteiger charge is 2.11. The highest BCUT2D eigenvalue weighted by molar-refractivity contribution is 6.42. The fourth-order valence-corrected chi connectivity index (χ4v) is 2.50. The second kappa shape index (κ2) is 5.98. The quantitative estimate of drug-likeness (QED) is 0.788. The summed E-state index contributed by atoms with van der Waals surface area (Å²) < 4.78 is 0. The lowest BCUT2D eigenvalue weighted by atomic mass is 10.0. The maximum absolute atomic E-state index is 6.23. The molecule has 21 heavy (non-hydrogen) atoms. The van der Waals surface area contributed by atoms with Crippen LogP contribution in [0.5, 0.6) is 0 Å². The van der Waals surface area contributed by atoms with Crippen molar-refractivity contribution in [3.63, 3.8) is 0 Å². The van der Waals surface area contributed by atoms with Gasteiger partial charge < -0.3 is 5.73 Å². The lowest BCUT2D eigenvalue weighted by Gasteiger charge is -2.12. The second-order valence-corrected chi connectivity index (χ2v) is 5.66. The Bertz CT molecular complexity index is 789. The summed E-state index contributed by atoms with van der Waals surface area (Å²) in [4.78, 5) is 8.95. The van der Waals surface area contributed by atoms with Crippen molar-refractivity contribution in [2.45, 2.75) is 12.5 Å². The van der Waals surface area contributed by atoms with Crippen LogP contribution in [-0.2, 0) is 6.42 Å². The van der Waals surface area contributed by atoms with Crippen molar-refractivity contribution in [2.24, 2.45) is 5.73 Å². The van der Waals surface area contributed by atoms with Gasteiger partial charge in [-0.1, -0.05) is 41.4 Å². The van der Waals surface area contributed by atoms with E-state index in [1.54, 1.807) is 12.3 Å². The number of hydrogen-bond acceptors (Lipinski definition) is 3. The fourth-order valence-electron chi connectivity index (χ4n) is 2.18. The van der Waals surface area contributed by atoms with E-state index in [0.717, 1.165) is 22.3 Å². The second-order valence-electron chi connectivity index (χ2n) is 4.84. The maximum Gasteiger partial charge on any atom is 0.0890 e. The van der Waals surface area contributed by atoms with E-state index in [-0.39, 0.29) is 6.04 Å². The third kappa shape index (κ3) is 3.16. The van der Waals surface area contributed by atoms with E-state index in [2.05, 4.69) is 9.97 Å². The number of benzene rings is 2. The number of hydrogen-bond donors (Lipinski definition) is 1. The van der Waals surface area contributed by atoms with Crippen LogP contribution in [0.4, 0.5) is 0 Å². The predicted molar refractivity (Wildman–Crippen MR) is 86.6 cm³/mol. The van der Waals surface area contributed by atoms with Gasteiger partial charge in [0.2, 0.25) is 0 Å². The number of nitrogens with zero attached hydrogens (tertiary/aromatic N) is 2.